The minimum atomic E-state index is 0.641. The molecule has 2 heteroatoms. The first kappa shape index (κ1) is 22.7. The van der Waals surface area contributed by atoms with Crippen LogP contribution in [0, 0.1) is 25.7 Å². The molecule has 0 bridgehead atoms. The van der Waals surface area contributed by atoms with Gasteiger partial charge in [0.25, 0.3) is 5.65 Å². The van der Waals surface area contributed by atoms with Crippen molar-refractivity contribution in [2.75, 3.05) is 0 Å². The molecular weight excluding hydrogens is 412 g/mol. The summed E-state index contributed by atoms with van der Waals surface area (Å²) in [6, 6.07) is 20.6. The molecule has 5 aromatic rings. The smallest absolute Gasteiger partial charge is 0.225 e. The van der Waals surface area contributed by atoms with Gasteiger partial charge in [0.1, 0.15) is 11.7 Å². The van der Waals surface area contributed by atoms with Crippen molar-refractivity contribution in [2.45, 2.75) is 54.4 Å². The van der Waals surface area contributed by atoms with Crippen LogP contribution in [0.2, 0.25) is 0 Å². The highest BCUT2D eigenvalue weighted by molar-refractivity contribution is 6.10. The standard InChI is InChI=1S/C32H37N2/c1-20(2)14-24-16-25(15-21(3)4)18-26(17-24)30-19-34-29-11-9-8-10-27(29)28-13-12-22(5)23(6)31(28)32(34)33(30)7/h8-13,16-21H,14-15H2,1-7H3/q+1. The van der Waals surface area contributed by atoms with Crippen molar-refractivity contribution < 1.29 is 4.40 Å². The van der Waals surface area contributed by atoms with Crippen LogP contribution in [0.4, 0.5) is 0 Å². The molecule has 2 heterocycles. The molecule has 34 heavy (non-hydrogen) atoms. The van der Waals surface area contributed by atoms with E-state index in [-0.39, 0.29) is 0 Å². The van der Waals surface area contributed by atoms with Crippen molar-refractivity contribution in [3.05, 3.63) is 83.0 Å². The summed E-state index contributed by atoms with van der Waals surface area (Å²) in [5, 5.41) is 4.00. The van der Waals surface area contributed by atoms with Gasteiger partial charge in [-0.25, -0.2) is 4.57 Å². The Hall–Kier alpha value is -3.13. The second kappa shape index (κ2) is 8.58. The van der Waals surface area contributed by atoms with Crippen molar-refractivity contribution >= 4 is 27.3 Å². The molecule has 0 unspecified atom stereocenters. The SMILES string of the molecule is Cc1ccc2c3ccccc3[n+]3cc(-c4cc(CC(C)C)cc(CC(C)C)c4)n(C)c3c2c1C. The maximum absolute atomic E-state index is 2.43. The molecular formula is C32H37N2+. The second-order valence-electron chi connectivity index (χ2n) is 10.9. The normalized spacial score (nSPS) is 12.1. The lowest BCUT2D eigenvalue weighted by molar-refractivity contribution is -0.478. The van der Waals surface area contributed by atoms with Crippen molar-refractivity contribution in [1.29, 1.82) is 0 Å². The quantitative estimate of drug-likeness (QED) is 0.192. The number of para-hydroxylation sites is 1. The van der Waals surface area contributed by atoms with Crippen LogP contribution in [-0.4, -0.2) is 4.57 Å². The molecule has 0 aliphatic carbocycles. The van der Waals surface area contributed by atoms with E-state index in [4.69, 9.17) is 0 Å². The zero-order chi connectivity index (χ0) is 24.1. The van der Waals surface area contributed by atoms with Gasteiger partial charge in [-0.2, -0.15) is 4.40 Å². The molecule has 5 rings (SSSR count). The van der Waals surface area contributed by atoms with Crippen LogP contribution in [-0.2, 0) is 19.9 Å². The van der Waals surface area contributed by atoms with Crippen molar-refractivity contribution in [1.82, 2.24) is 4.57 Å². The Kier molecular flexibility index (Phi) is 5.72. The molecule has 2 aromatic heterocycles. The lowest BCUT2D eigenvalue weighted by atomic mass is 9.94. The van der Waals surface area contributed by atoms with Crippen LogP contribution in [0.1, 0.15) is 49.9 Å². The summed E-state index contributed by atoms with van der Waals surface area (Å²) in [4.78, 5) is 0. The molecule has 0 aliphatic heterocycles. The molecule has 0 spiro atoms. The molecule has 0 aliphatic rings. The Morgan fingerprint density at radius 3 is 2.09 bits per heavy atom. The Bertz CT molecular complexity index is 1500. The van der Waals surface area contributed by atoms with Gasteiger partial charge in [-0.05, 0) is 79.0 Å². The van der Waals surface area contributed by atoms with E-state index in [0.29, 0.717) is 11.8 Å². The first-order valence-electron chi connectivity index (χ1n) is 12.7. The summed E-state index contributed by atoms with van der Waals surface area (Å²) in [6.45, 7) is 13.7. The molecule has 0 radical (unpaired) electrons. The van der Waals surface area contributed by atoms with Crippen LogP contribution in [0.15, 0.2) is 60.8 Å². The van der Waals surface area contributed by atoms with Gasteiger partial charge in [0.05, 0.1) is 12.4 Å². The van der Waals surface area contributed by atoms with Gasteiger partial charge in [-0.15, -0.1) is 0 Å². The van der Waals surface area contributed by atoms with Gasteiger partial charge < -0.3 is 0 Å². The highest BCUT2D eigenvalue weighted by atomic mass is 15.1. The van der Waals surface area contributed by atoms with Gasteiger partial charge in [-0.1, -0.05) is 64.1 Å². The minimum Gasteiger partial charge on any atom is -0.225 e. The fraction of sp³-hybridized carbons (Fsp3) is 0.344. The largest absolute Gasteiger partial charge is 0.295 e. The lowest BCUT2D eigenvalue weighted by Crippen LogP contribution is -2.21. The fourth-order valence-electron chi connectivity index (χ4n) is 5.61. The van der Waals surface area contributed by atoms with Crippen LogP contribution < -0.4 is 4.40 Å². The fourth-order valence-corrected chi connectivity index (χ4v) is 5.61. The molecule has 0 atom stereocenters. The van der Waals surface area contributed by atoms with Crippen LogP contribution >= 0.6 is 0 Å². The Morgan fingerprint density at radius 1 is 0.794 bits per heavy atom. The minimum absolute atomic E-state index is 0.641. The molecule has 3 aromatic carbocycles. The number of rotatable bonds is 5. The number of hydrogen-bond acceptors (Lipinski definition) is 0. The average Bonchev–Trinajstić information content (AvgIpc) is 3.12. The number of fused-ring (bicyclic) bond motifs is 6. The van der Waals surface area contributed by atoms with E-state index >= 15 is 0 Å². The van der Waals surface area contributed by atoms with E-state index in [2.05, 4.69) is 118 Å². The van der Waals surface area contributed by atoms with Crippen molar-refractivity contribution in [3.63, 3.8) is 0 Å². The first-order chi connectivity index (χ1) is 16.2. The number of nitrogens with zero attached hydrogens (tertiary/aromatic N) is 2. The van der Waals surface area contributed by atoms with Crippen LogP contribution in [0.5, 0.6) is 0 Å². The van der Waals surface area contributed by atoms with E-state index in [0.717, 1.165) is 12.8 Å². The summed E-state index contributed by atoms with van der Waals surface area (Å²) in [6.07, 6.45) is 4.58. The molecule has 2 nitrogen and oxygen atoms in total. The zero-order valence-electron chi connectivity index (χ0n) is 21.7. The monoisotopic (exact) mass is 449 g/mol. The maximum Gasteiger partial charge on any atom is 0.295 e. The number of benzene rings is 3. The molecule has 174 valence electrons. The molecule has 0 saturated heterocycles. The highest BCUT2D eigenvalue weighted by Gasteiger charge is 2.24. The van der Waals surface area contributed by atoms with Gasteiger partial charge in [0.2, 0.25) is 0 Å². The Morgan fingerprint density at radius 2 is 1.44 bits per heavy atom. The number of aromatic nitrogens is 2. The maximum atomic E-state index is 2.43. The van der Waals surface area contributed by atoms with E-state index in [1.807, 2.05) is 0 Å². The third-order valence-electron chi connectivity index (χ3n) is 7.21. The van der Waals surface area contributed by atoms with E-state index in [1.54, 1.807) is 0 Å². The van der Waals surface area contributed by atoms with Crippen LogP contribution in [0.25, 0.3) is 38.6 Å². The number of imidazole rings is 1. The van der Waals surface area contributed by atoms with Gasteiger partial charge in [0.15, 0.2) is 5.69 Å². The zero-order valence-corrected chi connectivity index (χ0v) is 21.7. The van der Waals surface area contributed by atoms with Crippen molar-refractivity contribution in [2.24, 2.45) is 18.9 Å². The van der Waals surface area contributed by atoms with E-state index in [9.17, 15) is 0 Å². The lowest BCUT2D eigenvalue weighted by Gasteiger charge is -2.12. The van der Waals surface area contributed by atoms with Crippen LogP contribution in [0.3, 0.4) is 0 Å². The average molecular weight is 450 g/mol. The predicted octanol–water partition coefficient (Wildman–Crippen LogP) is 7.75. The highest BCUT2D eigenvalue weighted by Crippen LogP contribution is 2.33. The predicted molar refractivity (Wildman–Crippen MR) is 146 cm³/mol. The summed E-state index contributed by atoms with van der Waals surface area (Å²) < 4.78 is 4.82. The van der Waals surface area contributed by atoms with Gasteiger partial charge >= 0.3 is 0 Å². The molecule has 0 fully saturated rings. The third kappa shape index (κ3) is 3.79. The summed E-state index contributed by atoms with van der Waals surface area (Å²) in [5.74, 6) is 1.28. The topological polar surface area (TPSA) is 9.03 Å². The second-order valence-corrected chi connectivity index (χ2v) is 10.9. The number of hydrogen-bond donors (Lipinski definition) is 0. The molecule has 0 amide bonds. The number of pyridine rings is 1. The van der Waals surface area contributed by atoms with Gasteiger partial charge in [-0.3, -0.25) is 0 Å². The summed E-state index contributed by atoms with van der Waals surface area (Å²) in [7, 11) is 2.23. The number of aryl methyl sites for hydroxylation is 3. The van der Waals surface area contributed by atoms with Gasteiger partial charge in [0, 0.05) is 16.3 Å². The van der Waals surface area contributed by atoms with E-state index in [1.165, 1.54) is 60.8 Å². The first-order valence-corrected chi connectivity index (χ1v) is 12.7. The molecule has 0 N–H and O–H groups in total. The Balaban J connectivity index is 1.86. The third-order valence-corrected chi connectivity index (χ3v) is 7.21. The van der Waals surface area contributed by atoms with E-state index < -0.39 is 0 Å². The summed E-state index contributed by atoms with van der Waals surface area (Å²) in [5.41, 5.74) is 10.7. The van der Waals surface area contributed by atoms with Crippen molar-refractivity contribution in [3.8, 4) is 11.3 Å². The molecule has 0 saturated carbocycles. The summed E-state index contributed by atoms with van der Waals surface area (Å²) >= 11 is 0. The Labute approximate surface area is 203 Å².